The first kappa shape index (κ1) is 18.5. The Balaban J connectivity index is 1.62. The van der Waals surface area contributed by atoms with Gasteiger partial charge in [-0.25, -0.2) is 4.98 Å². The van der Waals surface area contributed by atoms with Gasteiger partial charge in [0.1, 0.15) is 11.3 Å². The lowest BCUT2D eigenvalue weighted by Gasteiger charge is -2.11. The number of nitrogens with zero attached hydrogens (tertiary/aromatic N) is 2. The Morgan fingerprint density at radius 3 is 2.57 bits per heavy atom. The summed E-state index contributed by atoms with van der Waals surface area (Å²) < 4.78 is 40.4. The molecule has 1 amide bonds. The van der Waals surface area contributed by atoms with Crippen molar-refractivity contribution in [1.29, 1.82) is 0 Å². The number of alkyl halides is 3. The summed E-state index contributed by atoms with van der Waals surface area (Å²) in [5, 5.41) is 3.01. The molecule has 1 N–H and O–H groups in total. The normalized spacial score (nSPS) is 15.3. The number of rotatable bonds is 3. The molecule has 0 unspecified atom stereocenters. The maximum atomic E-state index is 12.9. The molecule has 2 aromatic heterocycles. The monoisotopic (exact) mass is 387 g/mol. The Hall–Kier alpha value is -2.83. The molecule has 28 heavy (non-hydrogen) atoms. The molecule has 7 heteroatoms. The van der Waals surface area contributed by atoms with E-state index in [4.69, 9.17) is 0 Å². The largest absolute Gasteiger partial charge is 0.416 e. The van der Waals surface area contributed by atoms with Crippen molar-refractivity contribution >= 4 is 11.6 Å². The molecular weight excluding hydrogens is 367 g/mol. The smallest absolute Gasteiger partial charge is 0.348 e. The summed E-state index contributed by atoms with van der Waals surface area (Å²) in [5.41, 5.74) is 2.30. The number of carbonyl (C=O) groups excluding carboxylic acids is 1. The van der Waals surface area contributed by atoms with Crippen molar-refractivity contribution in [2.45, 2.75) is 44.8 Å². The van der Waals surface area contributed by atoms with Gasteiger partial charge in [-0.3, -0.25) is 4.79 Å². The number of benzene rings is 1. The summed E-state index contributed by atoms with van der Waals surface area (Å²) in [5.74, 6) is -0.192. The Kier molecular flexibility index (Phi) is 4.61. The fourth-order valence-corrected chi connectivity index (χ4v) is 3.75. The summed E-state index contributed by atoms with van der Waals surface area (Å²) in [6.45, 7) is 1.66. The molecule has 1 saturated carbocycles. The third-order valence-electron chi connectivity index (χ3n) is 5.24. The van der Waals surface area contributed by atoms with Crippen LogP contribution in [0.3, 0.4) is 0 Å². The molecule has 2 heterocycles. The fraction of sp³-hybridized carbons (Fsp3) is 0.333. The van der Waals surface area contributed by atoms with E-state index in [1.807, 2.05) is 0 Å². The van der Waals surface area contributed by atoms with Gasteiger partial charge in [0.2, 0.25) is 0 Å². The molecule has 0 saturated heterocycles. The highest BCUT2D eigenvalue weighted by Crippen LogP contribution is 2.33. The van der Waals surface area contributed by atoms with Crippen molar-refractivity contribution < 1.29 is 18.0 Å². The Bertz CT molecular complexity index is 1030. The highest BCUT2D eigenvalue weighted by atomic mass is 19.4. The van der Waals surface area contributed by atoms with Crippen molar-refractivity contribution in [3.8, 4) is 11.1 Å². The molecule has 4 rings (SSSR count). The Morgan fingerprint density at radius 1 is 1.14 bits per heavy atom. The van der Waals surface area contributed by atoms with Crippen LogP contribution < -0.4 is 5.32 Å². The summed E-state index contributed by atoms with van der Waals surface area (Å²) in [4.78, 5) is 16.8. The molecule has 146 valence electrons. The number of halogens is 3. The zero-order chi connectivity index (χ0) is 19.9. The van der Waals surface area contributed by atoms with Gasteiger partial charge in [0, 0.05) is 18.4 Å². The molecule has 3 aromatic rings. The van der Waals surface area contributed by atoms with Crippen LogP contribution in [0.2, 0.25) is 0 Å². The van der Waals surface area contributed by atoms with Crippen molar-refractivity contribution in [2.75, 3.05) is 0 Å². The first-order chi connectivity index (χ1) is 13.3. The van der Waals surface area contributed by atoms with E-state index < -0.39 is 11.7 Å². The summed E-state index contributed by atoms with van der Waals surface area (Å²) in [6, 6.07) is 7.48. The van der Waals surface area contributed by atoms with Gasteiger partial charge in [-0.1, -0.05) is 18.9 Å². The predicted octanol–water partition coefficient (Wildman–Crippen LogP) is 5.00. The van der Waals surface area contributed by atoms with Crippen LogP contribution in [-0.2, 0) is 6.18 Å². The van der Waals surface area contributed by atoms with Gasteiger partial charge in [0.05, 0.1) is 5.56 Å². The fourth-order valence-electron chi connectivity index (χ4n) is 3.75. The van der Waals surface area contributed by atoms with Crippen molar-refractivity contribution in [2.24, 2.45) is 0 Å². The molecule has 0 radical (unpaired) electrons. The predicted molar refractivity (Wildman–Crippen MR) is 100 cm³/mol. The summed E-state index contributed by atoms with van der Waals surface area (Å²) in [7, 11) is 0. The number of amides is 1. The second-order valence-electron chi connectivity index (χ2n) is 7.29. The lowest BCUT2D eigenvalue weighted by molar-refractivity contribution is -0.137. The van der Waals surface area contributed by atoms with Crippen molar-refractivity contribution in [3.05, 3.63) is 59.5 Å². The summed E-state index contributed by atoms with van der Waals surface area (Å²) >= 11 is 0. The first-order valence-electron chi connectivity index (χ1n) is 9.29. The van der Waals surface area contributed by atoms with E-state index in [1.54, 1.807) is 35.9 Å². The summed E-state index contributed by atoms with van der Waals surface area (Å²) in [6.07, 6.45) is 3.33. The zero-order valence-electron chi connectivity index (χ0n) is 15.4. The van der Waals surface area contributed by atoms with Gasteiger partial charge >= 0.3 is 6.18 Å². The lowest BCUT2D eigenvalue weighted by atomic mass is 9.99. The van der Waals surface area contributed by atoms with Crippen LogP contribution in [0.5, 0.6) is 0 Å². The van der Waals surface area contributed by atoms with Crippen LogP contribution in [0.15, 0.2) is 42.7 Å². The van der Waals surface area contributed by atoms with E-state index in [-0.39, 0.29) is 11.9 Å². The average Bonchev–Trinajstić information content (AvgIpc) is 3.29. The quantitative estimate of drug-likeness (QED) is 0.687. The third kappa shape index (κ3) is 3.61. The third-order valence-corrected chi connectivity index (χ3v) is 5.24. The van der Waals surface area contributed by atoms with E-state index >= 15 is 0 Å². The van der Waals surface area contributed by atoms with Gasteiger partial charge in [-0.2, -0.15) is 13.2 Å². The number of aromatic nitrogens is 2. The molecule has 0 atom stereocenters. The molecule has 0 aliphatic heterocycles. The molecule has 1 fully saturated rings. The van der Waals surface area contributed by atoms with Crippen LogP contribution in [0.4, 0.5) is 13.2 Å². The number of pyridine rings is 1. The van der Waals surface area contributed by atoms with E-state index in [0.717, 1.165) is 43.4 Å². The van der Waals surface area contributed by atoms with E-state index in [9.17, 15) is 18.0 Å². The lowest BCUT2D eigenvalue weighted by Crippen LogP contribution is -2.32. The van der Waals surface area contributed by atoms with Crippen LogP contribution in [0.1, 0.15) is 47.3 Å². The second-order valence-corrected chi connectivity index (χ2v) is 7.29. The van der Waals surface area contributed by atoms with Gasteiger partial charge in [0.25, 0.3) is 5.91 Å². The van der Waals surface area contributed by atoms with E-state index in [2.05, 4.69) is 10.3 Å². The molecule has 0 spiro atoms. The number of fused-ring (bicyclic) bond motifs is 1. The topological polar surface area (TPSA) is 46.4 Å². The number of carbonyl (C=O) groups is 1. The molecule has 0 bridgehead atoms. The maximum Gasteiger partial charge on any atom is 0.416 e. The maximum absolute atomic E-state index is 12.9. The number of aryl methyl sites for hydroxylation is 1. The minimum atomic E-state index is -4.36. The first-order valence-corrected chi connectivity index (χ1v) is 9.29. The van der Waals surface area contributed by atoms with Gasteiger partial charge in [0.15, 0.2) is 0 Å². The minimum Gasteiger partial charge on any atom is -0.348 e. The zero-order valence-corrected chi connectivity index (χ0v) is 15.4. The standard InChI is InChI=1S/C21H20F3N3O/c1-13-10-15(21(22,23)24)7-8-17(13)14-6-9-19-26-18(12-27(19)11-14)20(28)25-16-4-2-3-5-16/h6-12,16H,2-5H2,1H3,(H,25,28). The molecule has 1 aliphatic carbocycles. The molecule has 4 nitrogen and oxygen atoms in total. The SMILES string of the molecule is Cc1cc(C(F)(F)F)ccc1-c1ccc2nc(C(=O)NC3CCCC3)cn2c1. The molecule has 1 aliphatic rings. The van der Waals surface area contributed by atoms with E-state index in [1.165, 1.54) is 6.07 Å². The Morgan fingerprint density at radius 2 is 1.89 bits per heavy atom. The van der Waals surface area contributed by atoms with Crippen LogP contribution in [0, 0.1) is 6.92 Å². The van der Waals surface area contributed by atoms with Gasteiger partial charge in [-0.05, 0) is 60.7 Å². The Labute approximate surface area is 160 Å². The van der Waals surface area contributed by atoms with Crippen LogP contribution >= 0.6 is 0 Å². The van der Waals surface area contributed by atoms with Gasteiger partial charge < -0.3 is 9.72 Å². The van der Waals surface area contributed by atoms with Crippen molar-refractivity contribution in [3.63, 3.8) is 0 Å². The molecule has 1 aromatic carbocycles. The molecular formula is C21H20F3N3O. The number of imidazole rings is 1. The van der Waals surface area contributed by atoms with E-state index in [0.29, 0.717) is 22.5 Å². The van der Waals surface area contributed by atoms with Crippen molar-refractivity contribution in [1.82, 2.24) is 14.7 Å². The highest BCUT2D eigenvalue weighted by molar-refractivity contribution is 5.93. The highest BCUT2D eigenvalue weighted by Gasteiger charge is 2.30. The minimum absolute atomic E-state index is 0.192. The van der Waals surface area contributed by atoms with Crippen LogP contribution in [0.25, 0.3) is 16.8 Å². The number of hydrogen-bond acceptors (Lipinski definition) is 2. The van der Waals surface area contributed by atoms with Crippen LogP contribution in [-0.4, -0.2) is 21.3 Å². The second kappa shape index (κ2) is 6.96. The van der Waals surface area contributed by atoms with Gasteiger partial charge in [-0.15, -0.1) is 0 Å². The number of hydrogen-bond donors (Lipinski definition) is 1. The number of nitrogens with one attached hydrogen (secondary N) is 1. The average molecular weight is 387 g/mol.